The normalized spacial score (nSPS) is 10.1. The van der Waals surface area contributed by atoms with Crippen LogP contribution < -0.4 is 0 Å². The topological polar surface area (TPSA) is 26.3 Å². The molecule has 0 saturated heterocycles. The minimum atomic E-state index is -4.85. The standard InChI is InChI=1S/C6H9F3O2.2ClH.Sn/c1-2-3-4-11-5(10)6(7,8)9;;;/h2-4H2,1H3;2*1H;/q;;;+2/p-2. The van der Waals surface area contributed by atoms with Crippen LogP contribution in [0.5, 0.6) is 0 Å². The van der Waals surface area contributed by atoms with Crippen LogP contribution in [-0.2, 0) is 9.53 Å². The van der Waals surface area contributed by atoms with Crippen LogP contribution in [0, 0.1) is 0 Å². The molecule has 0 spiro atoms. The second-order valence-corrected chi connectivity index (χ2v) is 6.30. The molecule has 0 unspecified atom stereocenters. The van der Waals surface area contributed by atoms with Gasteiger partial charge < -0.3 is 4.74 Å². The van der Waals surface area contributed by atoms with Gasteiger partial charge in [0.2, 0.25) is 0 Å². The number of alkyl halides is 3. The molecule has 0 fully saturated rings. The van der Waals surface area contributed by atoms with E-state index in [0.717, 1.165) is 0 Å². The van der Waals surface area contributed by atoms with Crippen molar-refractivity contribution in [2.45, 2.75) is 25.9 Å². The van der Waals surface area contributed by atoms with Crippen molar-refractivity contribution in [2.24, 2.45) is 0 Å². The molecule has 0 aromatic rings. The van der Waals surface area contributed by atoms with E-state index in [1.807, 2.05) is 0 Å². The van der Waals surface area contributed by atoms with Gasteiger partial charge in [0.25, 0.3) is 0 Å². The van der Waals surface area contributed by atoms with Crippen LogP contribution in [-0.4, -0.2) is 37.6 Å². The van der Waals surface area contributed by atoms with Gasteiger partial charge in [0, 0.05) is 0 Å². The maximum atomic E-state index is 11.4. The molecule has 2 nitrogen and oxygen atoms in total. The summed E-state index contributed by atoms with van der Waals surface area (Å²) in [4.78, 5) is 9.99. The monoisotopic (exact) mass is 360 g/mol. The SMILES string of the molecule is CCCCOC(=O)C(F)(F)F.[Cl][Sn][Cl]. The van der Waals surface area contributed by atoms with Gasteiger partial charge in [0.1, 0.15) is 0 Å². The number of halogens is 5. The van der Waals surface area contributed by atoms with E-state index in [9.17, 15) is 18.0 Å². The molecule has 0 N–H and O–H groups in total. The molecule has 2 radical (unpaired) electrons. The molecular formula is C6H9Cl2F3O2Sn. The predicted octanol–water partition coefficient (Wildman–Crippen LogP) is 2.89. The summed E-state index contributed by atoms with van der Waals surface area (Å²) in [5, 5.41) is 0. The summed E-state index contributed by atoms with van der Waals surface area (Å²) in [5.74, 6) is -2.11. The zero-order valence-electron chi connectivity index (χ0n) is 7.33. The molecule has 14 heavy (non-hydrogen) atoms. The third-order valence-electron chi connectivity index (χ3n) is 0.963. The fourth-order valence-corrected chi connectivity index (χ4v) is 0.391. The molecule has 0 aliphatic carbocycles. The van der Waals surface area contributed by atoms with Gasteiger partial charge in [-0.3, -0.25) is 0 Å². The first-order valence-electron chi connectivity index (χ1n) is 3.60. The van der Waals surface area contributed by atoms with Crippen LogP contribution in [0.15, 0.2) is 0 Å². The average Bonchev–Trinajstić information content (AvgIpc) is 2.04. The van der Waals surface area contributed by atoms with Crippen molar-refractivity contribution in [2.75, 3.05) is 6.61 Å². The Kier molecular flexibility index (Phi) is 12.4. The van der Waals surface area contributed by atoms with E-state index in [4.69, 9.17) is 17.8 Å². The van der Waals surface area contributed by atoms with Crippen LogP contribution in [0.1, 0.15) is 19.8 Å². The number of carbonyl (C=O) groups excluding carboxylic acids is 1. The molecule has 0 amide bonds. The summed E-state index contributed by atoms with van der Waals surface area (Å²) >= 11 is -0.826. The summed E-state index contributed by atoms with van der Waals surface area (Å²) in [6, 6.07) is 0. The summed E-state index contributed by atoms with van der Waals surface area (Å²) in [6.45, 7) is 1.64. The van der Waals surface area contributed by atoms with Crippen LogP contribution >= 0.6 is 17.8 Å². The van der Waals surface area contributed by atoms with E-state index in [-0.39, 0.29) is 6.61 Å². The van der Waals surface area contributed by atoms with Crippen LogP contribution in [0.4, 0.5) is 13.2 Å². The van der Waals surface area contributed by atoms with Gasteiger partial charge in [-0.1, -0.05) is 13.3 Å². The molecule has 0 bridgehead atoms. The summed E-state index contributed by atoms with van der Waals surface area (Å²) < 4.78 is 38.1. The first kappa shape index (κ1) is 17.0. The summed E-state index contributed by atoms with van der Waals surface area (Å²) in [5.41, 5.74) is 0. The Morgan fingerprint density at radius 3 is 2.14 bits per heavy atom. The fourth-order valence-electron chi connectivity index (χ4n) is 0.391. The number of carbonyl (C=O) groups is 1. The number of rotatable bonds is 3. The Hall–Kier alpha value is 0.639. The van der Waals surface area contributed by atoms with Gasteiger partial charge in [-0.05, 0) is 6.42 Å². The van der Waals surface area contributed by atoms with Crippen molar-refractivity contribution in [3.63, 3.8) is 0 Å². The van der Waals surface area contributed by atoms with E-state index in [1.54, 1.807) is 6.92 Å². The molecule has 0 aromatic carbocycles. The number of esters is 1. The van der Waals surface area contributed by atoms with Crippen molar-refractivity contribution >= 4 is 42.7 Å². The average molecular weight is 360 g/mol. The molecular weight excluding hydrogens is 351 g/mol. The molecule has 0 aromatic heterocycles. The fraction of sp³-hybridized carbons (Fsp3) is 0.833. The Bertz CT molecular complexity index is 155. The van der Waals surface area contributed by atoms with E-state index < -0.39 is 31.0 Å². The van der Waals surface area contributed by atoms with Crippen molar-refractivity contribution in [3.05, 3.63) is 0 Å². The van der Waals surface area contributed by atoms with Crippen molar-refractivity contribution in [1.82, 2.24) is 0 Å². The zero-order valence-corrected chi connectivity index (χ0v) is 11.7. The van der Waals surface area contributed by atoms with Gasteiger partial charge in [-0.2, -0.15) is 13.2 Å². The third kappa shape index (κ3) is 12.6. The zero-order chi connectivity index (χ0) is 11.6. The van der Waals surface area contributed by atoms with Gasteiger partial charge in [0.15, 0.2) is 0 Å². The van der Waals surface area contributed by atoms with Crippen molar-refractivity contribution in [3.8, 4) is 0 Å². The van der Waals surface area contributed by atoms with Crippen LogP contribution in [0.25, 0.3) is 0 Å². The molecule has 0 aliphatic heterocycles. The molecule has 0 saturated carbocycles. The number of hydrogen-bond acceptors (Lipinski definition) is 2. The van der Waals surface area contributed by atoms with Crippen LogP contribution in [0.3, 0.4) is 0 Å². The molecule has 0 atom stereocenters. The Balaban J connectivity index is 0. The van der Waals surface area contributed by atoms with Crippen molar-refractivity contribution < 1.29 is 22.7 Å². The second kappa shape index (κ2) is 10.2. The van der Waals surface area contributed by atoms with E-state index in [2.05, 4.69) is 4.74 Å². The number of hydrogen-bond donors (Lipinski definition) is 0. The van der Waals surface area contributed by atoms with Gasteiger partial charge in [-0.15, -0.1) is 0 Å². The first-order chi connectivity index (χ1) is 6.40. The van der Waals surface area contributed by atoms with E-state index in [1.165, 1.54) is 0 Å². The maximum absolute atomic E-state index is 11.4. The van der Waals surface area contributed by atoms with E-state index in [0.29, 0.717) is 12.8 Å². The molecule has 0 heterocycles. The number of unbranched alkanes of at least 4 members (excludes halogenated alkanes) is 1. The summed E-state index contributed by atoms with van der Waals surface area (Å²) in [6.07, 6.45) is -3.69. The third-order valence-corrected chi connectivity index (χ3v) is 0.963. The van der Waals surface area contributed by atoms with Gasteiger partial charge >= 0.3 is 48.9 Å². The predicted molar refractivity (Wildman–Crippen MR) is 49.4 cm³/mol. The first-order valence-corrected chi connectivity index (χ1v) is 10.8. The molecule has 84 valence electrons. The molecule has 8 heteroatoms. The van der Waals surface area contributed by atoms with Crippen molar-refractivity contribution in [1.29, 1.82) is 0 Å². The van der Waals surface area contributed by atoms with E-state index >= 15 is 0 Å². The molecule has 0 aliphatic rings. The second-order valence-electron chi connectivity index (χ2n) is 2.06. The summed E-state index contributed by atoms with van der Waals surface area (Å²) in [7, 11) is 9.87. The Labute approximate surface area is 97.7 Å². The van der Waals surface area contributed by atoms with Gasteiger partial charge in [-0.25, -0.2) is 4.79 Å². The molecule has 0 rings (SSSR count). The Morgan fingerprint density at radius 2 is 1.86 bits per heavy atom. The number of ether oxygens (including phenoxy) is 1. The quantitative estimate of drug-likeness (QED) is 0.440. The van der Waals surface area contributed by atoms with Gasteiger partial charge in [0.05, 0.1) is 6.61 Å². The van der Waals surface area contributed by atoms with Crippen LogP contribution in [0.2, 0.25) is 0 Å². The Morgan fingerprint density at radius 1 is 1.43 bits per heavy atom. The minimum absolute atomic E-state index is 0.158.